The summed E-state index contributed by atoms with van der Waals surface area (Å²) in [5.41, 5.74) is 6.78. The lowest BCUT2D eigenvalue weighted by molar-refractivity contribution is 0.136. The minimum atomic E-state index is -0.660. The van der Waals surface area contributed by atoms with E-state index in [1.54, 1.807) is 0 Å². The lowest BCUT2D eigenvalue weighted by atomic mass is 9.88. The molecular formula is C17H31N3O. The standard InChI is InChI=1S/C17H31N3O/c1-5-20(15(2)13-19(3)4)12-11-17(18,14-21)16-9-7-6-8-10-16/h6-10,15,21H,5,11-14,18H2,1-4H3. The maximum Gasteiger partial charge on any atom is 0.0656 e. The van der Waals surface area contributed by atoms with Crippen LogP contribution in [-0.2, 0) is 5.54 Å². The molecular weight excluding hydrogens is 262 g/mol. The monoisotopic (exact) mass is 293 g/mol. The van der Waals surface area contributed by atoms with Gasteiger partial charge in [-0.1, -0.05) is 37.3 Å². The second-order valence-corrected chi connectivity index (χ2v) is 6.17. The van der Waals surface area contributed by atoms with Crippen LogP contribution in [-0.4, -0.2) is 61.3 Å². The van der Waals surface area contributed by atoms with Crippen molar-refractivity contribution in [1.82, 2.24) is 9.80 Å². The number of aliphatic hydroxyl groups excluding tert-OH is 1. The first-order chi connectivity index (χ1) is 9.92. The summed E-state index contributed by atoms with van der Waals surface area (Å²) in [5, 5.41) is 9.76. The fourth-order valence-electron chi connectivity index (χ4n) is 2.76. The molecule has 0 bridgehead atoms. The molecule has 0 amide bonds. The minimum Gasteiger partial charge on any atom is -0.394 e. The third kappa shape index (κ3) is 5.40. The SMILES string of the molecule is CCN(CCC(N)(CO)c1ccccc1)C(C)CN(C)C. The van der Waals surface area contributed by atoms with Crippen LogP contribution in [0.2, 0.25) is 0 Å². The Kier molecular flexibility index (Phi) is 7.32. The molecule has 120 valence electrons. The van der Waals surface area contributed by atoms with Crippen molar-refractivity contribution < 1.29 is 5.11 Å². The van der Waals surface area contributed by atoms with Gasteiger partial charge in [0.25, 0.3) is 0 Å². The molecule has 2 atom stereocenters. The summed E-state index contributed by atoms with van der Waals surface area (Å²) in [4.78, 5) is 4.62. The molecule has 0 aliphatic rings. The summed E-state index contributed by atoms with van der Waals surface area (Å²) in [7, 11) is 4.19. The van der Waals surface area contributed by atoms with Gasteiger partial charge >= 0.3 is 0 Å². The summed E-state index contributed by atoms with van der Waals surface area (Å²) in [6.07, 6.45) is 0.749. The number of likely N-dealkylation sites (N-methyl/N-ethyl adjacent to an activating group) is 2. The number of benzene rings is 1. The Balaban J connectivity index is 2.69. The number of hydrogen-bond acceptors (Lipinski definition) is 4. The number of rotatable bonds is 9. The predicted octanol–water partition coefficient (Wildman–Crippen LogP) is 1.49. The van der Waals surface area contributed by atoms with E-state index < -0.39 is 5.54 Å². The van der Waals surface area contributed by atoms with E-state index in [9.17, 15) is 5.11 Å². The van der Waals surface area contributed by atoms with Crippen LogP contribution >= 0.6 is 0 Å². The molecule has 1 aromatic carbocycles. The van der Waals surface area contributed by atoms with Crippen LogP contribution in [0.4, 0.5) is 0 Å². The van der Waals surface area contributed by atoms with E-state index in [2.05, 4.69) is 37.7 Å². The summed E-state index contributed by atoms with van der Waals surface area (Å²) in [5.74, 6) is 0. The highest BCUT2D eigenvalue weighted by molar-refractivity contribution is 5.24. The van der Waals surface area contributed by atoms with E-state index in [0.29, 0.717) is 6.04 Å². The average Bonchev–Trinajstić information content (AvgIpc) is 2.47. The zero-order chi connectivity index (χ0) is 15.9. The summed E-state index contributed by atoms with van der Waals surface area (Å²) < 4.78 is 0. The second kappa shape index (κ2) is 8.49. The number of nitrogens with zero attached hydrogens (tertiary/aromatic N) is 2. The molecule has 0 fully saturated rings. The van der Waals surface area contributed by atoms with Gasteiger partial charge in [-0.3, -0.25) is 4.90 Å². The minimum absolute atomic E-state index is 0.0311. The van der Waals surface area contributed by atoms with Crippen molar-refractivity contribution in [3.8, 4) is 0 Å². The lowest BCUT2D eigenvalue weighted by Gasteiger charge is -2.34. The van der Waals surface area contributed by atoms with Gasteiger partial charge in [-0.25, -0.2) is 0 Å². The zero-order valence-corrected chi connectivity index (χ0v) is 13.9. The molecule has 1 rings (SSSR count). The Labute approximate surface area is 129 Å². The van der Waals surface area contributed by atoms with Crippen molar-refractivity contribution in [2.75, 3.05) is 40.3 Å². The summed E-state index contributed by atoms with van der Waals surface area (Å²) in [6.45, 7) is 7.28. The van der Waals surface area contributed by atoms with Crippen molar-refractivity contribution in [1.29, 1.82) is 0 Å². The van der Waals surface area contributed by atoms with Crippen molar-refractivity contribution in [3.05, 3.63) is 35.9 Å². The Morgan fingerprint density at radius 3 is 2.33 bits per heavy atom. The number of nitrogens with two attached hydrogens (primary N) is 1. The van der Waals surface area contributed by atoms with Gasteiger partial charge in [0.15, 0.2) is 0 Å². The number of aliphatic hydroxyl groups is 1. The zero-order valence-electron chi connectivity index (χ0n) is 13.9. The van der Waals surface area contributed by atoms with Crippen LogP contribution in [0.1, 0.15) is 25.8 Å². The topological polar surface area (TPSA) is 52.7 Å². The molecule has 0 aliphatic carbocycles. The van der Waals surface area contributed by atoms with Crippen molar-refractivity contribution in [2.24, 2.45) is 5.73 Å². The van der Waals surface area contributed by atoms with Crippen LogP contribution in [0, 0.1) is 0 Å². The fourth-order valence-corrected chi connectivity index (χ4v) is 2.76. The van der Waals surface area contributed by atoms with E-state index in [1.165, 1.54) is 0 Å². The van der Waals surface area contributed by atoms with Gasteiger partial charge in [0.1, 0.15) is 0 Å². The molecule has 0 saturated heterocycles. The molecule has 21 heavy (non-hydrogen) atoms. The summed E-state index contributed by atoms with van der Waals surface area (Å²) in [6, 6.07) is 10.4. The molecule has 0 aromatic heterocycles. The van der Waals surface area contributed by atoms with Gasteiger partial charge in [0.2, 0.25) is 0 Å². The Bertz CT molecular complexity index is 396. The van der Waals surface area contributed by atoms with Gasteiger partial charge in [-0.15, -0.1) is 0 Å². The molecule has 0 heterocycles. The molecule has 0 aliphatic heterocycles. The first-order valence-corrected chi connectivity index (χ1v) is 7.77. The highest BCUT2D eigenvalue weighted by Crippen LogP contribution is 2.22. The van der Waals surface area contributed by atoms with Gasteiger partial charge < -0.3 is 15.7 Å². The van der Waals surface area contributed by atoms with Crippen LogP contribution in [0.15, 0.2) is 30.3 Å². The first kappa shape index (κ1) is 18.1. The van der Waals surface area contributed by atoms with Crippen molar-refractivity contribution >= 4 is 0 Å². The van der Waals surface area contributed by atoms with E-state index in [1.807, 2.05) is 30.3 Å². The lowest BCUT2D eigenvalue weighted by Crippen LogP contribution is -2.46. The second-order valence-electron chi connectivity index (χ2n) is 6.17. The van der Waals surface area contributed by atoms with Gasteiger partial charge in [-0.05, 0) is 39.5 Å². The molecule has 1 aromatic rings. The molecule has 0 spiro atoms. The quantitative estimate of drug-likeness (QED) is 0.724. The normalized spacial score (nSPS) is 16.2. The van der Waals surface area contributed by atoms with Gasteiger partial charge in [-0.2, -0.15) is 0 Å². The van der Waals surface area contributed by atoms with Crippen LogP contribution < -0.4 is 5.73 Å². The maximum absolute atomic E-state index is 9.76. The van der Waals surface area contributed by atoms with E-state index in [4.69, 9.17) is 5.73 Å². The fraction of sp³-hybridized carbons (Fsp3) is 0.647. The van der Waals surface area contributed by atoms with Crippen molar-refractivity contribution in [2.45, 2.75) is 31.8 Å². The highest BCUT2D eigenvalue weighted by Gasteiger charge is 2.27. The van der Waals surface area contributed by atoms with E-state index >= 15 is 0 Å². The Morgan fingerprint density at radius 2 is 1.86 bits per heavy atom. The molecule has 0 radical (unpaired) electrons. The molecule has 0 saturated carbocycles. The Hall–Kier alpha value is -0.940. The molecule has 4 heteroatoms. The molecule has 3 N–H and O–H groups in total. The van der Waals surface area contributed by atoms with Crippen LogP contribution in [0.25, 0.3) is 0 Å². The van der Waals surface area contributed by atoms with E-state index in [-0.39, 0.29) is 6.61 Å². The largest absolute Gasteiger partial charge is 0.394 e. The summed E-state index contributed by atoms with van der Waals surface area (Å²) >= 11 is 0. The highest BCUT2D eigenvalue weighted by atomic mass is 16.3. The Morgan fingerprint density at radius 1 is 1.24 bits per heavy atom. The first-order valence-electron chi connectivity index (χ1n) is 7.77. The maximum atomic E-state index is 9.76. The number of hydrogen-bond donors (Lipinski definition) is 2. The average molecular weight is 293 g/mol. The predicted molar refractivity (Wildman–Crippen MR) is 89.3 cm³/mol. The molecule has 4 nitrogen and oxygen atoms in total. The van der Waals surface area contributed by atoms with Gasteiger partial charge in [0.05, 0.1) is 12.1 Å². The van der Waals surface area contributed by atoms with E-state index in [0.717, 1.165) is 31.6 Å². The third-order valence-electron chi connectivity index (χ3n) is 4.13. The van der Waals surface area contributed by atoms with Crippen molar-refractivity contribution in [3.63, 3.8) is 0 Å². The van der Waals surface area contributed by atoms with Gasteiger partial charge in [0, 0.05) is 19.1 Å². The third-order valence-corrected chi connectivity index (χ3v) is 4.13. The van der Waals surface area contributed by atoms with Crippen LogP contribution in [0.3, 0.4) is 0 Å². The molecule has 2 unspecified atom stereocenters. The van der Waals surface area contributed by atoms with Crippen LogP contribution in [0.5, 0.6) is 0 Å². The smallest absolute Gasteiger partial charge is 0.0656 e.